The second kappa shape index (κ2) is 5.46. The number of hydrogen-bond acceptors (Lipinski definition) is 5. The van der Waals surface area contributed by atoms with Crippen molar-refractivity contribution in [2.24, 2.45) is 5.92 Å². The van der Waals surface area contributed by atoms with E-state index in [1.165, 1.54) is 4.88 Å². The molecule has 0 unspecified atom stereocenters. The van der Waals surface area contributed by atoms with Crippen molar-refractivity contribution < 1.29 is 4.79 Å². The van der Waals surface area contributed by atoms with Crippen molar-refractivity contribution in [1.82, 2.24) is 15.2 Å². The predicted octanol–water partition coefficient (Wildman–Crippen LogP) is 0.573. The van der Waals surface area contributed by atoms with Gasteiger partial charge in [-0.15, -0.1) is 11.3 Å². The Kier molecular flexibility index (Phi) is 3.70. The van der Waals surface area contributed by atoms with Crippen LogP contribution in [0.2, 0.25) is 0 Å². The van der Waals surface area contributed by atoms with Gasteiger partial charge in [0.15, 0.2) is 5.13 Å². The fourth-order valence-corrected chi connectivity index (χ4v) is 3.35. The Morgan fingerprint density at radius 2 is 2.16 bits per heavy atom. The van der Waals surface area contributed by atoms with Crippen LogP contribution in [0.25, 0.3) is 0 Å². The van der Waals surface area contributed by atoms with Gasteiger partial charge in [0, 0.05) is 50.3 Å². The van der Waals surface area contributed by atoms with Crippen LogP contribution in [0.5, 0.6) is 0 Å². The lowest BCUT2D eigenvalue weighted by Crippen LogP contribution is -2.56. The SMILES string of the molecule is CCc1cnc(N2CCN(C(=O)C3CNC3)CC2)s1. The van der Waals surface area contributed by atoms with E-state index in [0.29, 0.717) is 5.91 Å². The Hall–Kier alpha value is -1.14. The van der Waals surface area contributed by atoms with Crippen molar-refractivity contribution in [3.05, 3.63) is 11.1 Å². The molecule has 104 valence electrons. The maximum absolute atomic E-state index is 12.1. The van der Waals surface area contributed by atoms with Crippen molar-refractivity contribution in [2.75, 3.05) is 44.2 Å². The third-order valence-corrected chi connectivity index (χ3v) is 5.08. The summed E-state index contributed by atoms with van der Waals surface area (Å²) in [6.07, 6.45) is 3.02. The molecule has 0 saturated carbocycles. The first kappa shape index (κ1) is 12.9. The van der Waals surface area contributed by atoms with Crippen LogP contribution in [-0.4, -0.2) is 55.1 Å². The molecule has 1 aromatic heterocycles. The highest BCUT2D eigenvalue weighted by molar-refractivity contribution is 7.15. The summed E-state index contributed by atoms with van der Waals surface area (Å²) >= 11 is 1.77. The first-order chi connectivity index (χ1) is 9.28. The van der Waals surface area contributed by atoms with E-state index in [9.17, 15) is 4.79 Å². The number of carbonyl (C=O) groups is 1. The van der Waals surface area contributed by atoms with Crippen LogP contribution < -0.4 is 10.2 Å². The molecule has 0 aromatic carbocycles. The average molecular weight is 280 g/mol. The lowest BCUT2D eigenvalue weighted by molar-refractivity contribution is -0.137. The Morgan fingerprint density at radius 1 is 1.42 bits per heavy atom. The molecule has 0 bridgehead atoms. The van der Waals surface area contributed by atoms with E-state index in [2.05, 4.69) is 22.1 Å². The zero-order chi connectivity index (χ0) is 13.2. The minimum Gasteiger partial charge on any atom is -0.345 e. The lowest BCUT2D eigenvalue weighted by Gasteiger charge is -2.38. The standard InChI is InChI=1S/C13H20N4OS/c1-2-11-9-15-13(19-11)17-5-3-16(4-6-17)12(18)10-7-14-8-10/h9-10,14H,2-8H2,1H3. The highest BCUT2D eigenvalue weighted by Crippen LogP contribution is 2.24. The second-order valence-electron chi connectivity index (χ2n) is 5.13. The van der Waals surface area contributed by atoms with E-state index in [1.807, 2.05) is 11.1 Å². The summed E-state index contributed by atoms with van der Waals surface area (Å²) in [4.78, 5) is 22.2. The number of thiazole rings is 1. The number of rotatable bonds is 3. The van der Waals surface area contributed by atoms with Crippen molar-refractivity contribution in [2.45, 2.75) is 13.3 Å². The molecule has 1 N–H and O–H groups in total. The van der Waals surface area contributed by atoms with Crippen LogP contribution in [0.1, 0.15) is 11.8 Å². The zero-order valence-electron chi connectivity index (χ0n) is 11.3. The van der Waals surface area contributed by atoms with Gasteiger partial charge in [-0.1, -0.05) is 6.92 Å². The van der Waals surface area contributed by atoms with Crippen LogP contribution in [0.3, 0.4) is 0 Å². The van der Waals surface area contributed by atoms with Gasteiger partial charge in [0.05, 0.1) is 5.92 Å². The van der Waals surface area contributed by atoms with Crippen LogP contribution in [-0.2, 0) is 11.2 Å². The van der Waals surface area contributed by atoms with Crippen LogP contribution in [0, 0.1) is 5.92 Å². The Balaban J connectivity index is 1.55. The molecule has 2 aliphatic heterocycles. The van der Waals surface area contributed by atoms with E-state index in [-0.39, 0.29) is 5.92 Å². The number of hydrogen-bond donors (Lipinski definition) is 1. The van der Waals surface area contributed by atoms with Gasteiger partial charge in [-0.25, -0.2) is 4.98 Å². The highest BCUT2D eigenvalue weighted by Gasteiger charge is 2.31. The molecule has 3 rings (SSSR count). The zero-order valence-corrected chi connectivity index (χ0v) is 12.1. The van der Waals surface area contributed by atoms with Gasteiger partial charge >= 0.3 is 0 Å². The third-order valence-electron chi connectivity index (χ3n) is 3.88. The molecule has 5 nitrogen and oxygen atoms in total. The summed E-state index contributed by atoms with van der Waals surface area (Å²) in [5, 5.41) is 4.26. The van der Waals surface area contributed by atoms with Gasteiger partial charge in [-0.2, -0.15) is 0 Å². The fraction of sp³-hybridized carbons (Fsp3) is 0.692. The monoisotopic (exact) mass is 280 g/mol. The number of nitrogens with one attached hydrogen (secondary N) is 1. The smallest absolute Gasteiger partial charge is 0.228 e. The average Bonchev–Trinajstić information content (AvgIpc) is 2.85. The number of aromatic nitrogens is 1. The number of amides is 1. The molecular weight excluding hydrogens is 260 g/mol. The molecule has 19 heavy (non-hydrogen) atoms. The molecule has 1 amide bonds. The van der Waals surface area contributed by atoms with Crippen LogP contribution in [0.15, 0.2) is 6.20 Å². The third kappa shape index (κ3) is 2.60. The van der Waals surface area contributed by atoms with Crippen molar-refractivity contribution in [1.29, 1.82) is 0 Å². The summed E-state index contributed by atoms with van der Waals surface area (Å²) in [6, 6.07) is 0. The van der Waals surface area contributed by atoms with E-state index in [1.54, 1.807) is 11.3 Å². The molecular formula is C13H20N4OS. The van der Waals surface area contributed by atoms with Crippen molar-refractivity contribution in [3.63, 3.8) is 0 Å². The summed E-state index contributed by atoms with van der Waals surface area (Å²) in [5.74, 6) is 0.546. The molecule has 2 saturated heterocycles. The summed E-state index contributed by atoms with van der Waals surface area (Å²) in [7, 11) is 0. The first-order valence-corrected chi connectivity index (χ1v) is 7.78. The minimum absolute atomic E-state index is 0.220. The van der Waals surface area contributed by atoms with Gasteiger partial charge in [0.2, 0.25) is 5.91 Å². The van der Waals surface area contributed by atoms with Crippen molar-refractivity contribution in [3.8, 4) is 0 Å². The Bertz CT molecular complexity index is 449. The van der Waals surface area contributed by atoms with Gasteiger partial charge in [-0.05, 0) is 6.42 Å². The molecule has 2 fully saturated rings. The molecule has 3 heterocycles. The maximum atomic E-state index is 12.1. The molecule has 1 aromatic rings. The Labute approximate surface area is 117 Å². The topological polar surface area (TPSA) is 48.5 Å². The van der Waals surface area contributed by atoms with E-state index in [0.717, 1.165) is 50.8 Å². The van der Waals surface area contributed by atoms with Gasteiger partial charge in [0.25, 0.3) is 0 Å². The number of aryl methyl sites for hydroxylation is 1. The first-order valence-electron chi connectivity index (χ1n) is 6.97. The van der Waals surface area contributed by atoms with Crippen LogP contribution in [0.4, 0.5) is 5.13 Å². The van der Waals surface area contributed by atoms with E-state index < -0.39 is 0 Å². The molecule has 0 radical (unpaired) electrons. The molecule has 2 aliphatic rings. The maximum Gasteiger partial charge on any atom is 0.228 e. The van der Waals surface area contributed by atoms with E-state index in [4.69, 9.17) is 0 Å². The van der Waals surface area contributed by atoms with Crippen molar-refractivity contribution >= 4 is 22.4 Å². The molecule has 0 spiro atoms. The fourth-order valence-electron chi connectivity index (χ4n) is 2.45. The molecule has 0 aliphatic carbocycles. The summed E-state index contributed by atoms with van der Waals surface area (Å²) in [6.45, 7) is 7.33. The highest BCUT2D eigenvalue weighted by atomic mass is 32.1. The largest absolute Gasteiger partial charge is 0.345 e. The van der Waals surface area contributed by atoms with Gasteiger partial charge in [-0.3, -0.25) is 4.79 Å². The van der Waals surface area contributed by atoms with E-state index >= 15 is 0 Å². The second-order valence-corrected chi connectivity index (χ2v) is 6.22. The molecule has 0 atom stereocenters. The number of piperazine rings is 1. The summed E-state index contributed by atoms with van der Waals surface area (Å²) < 4.78 is 0. The predicted molar refractivity (Wildman–Crippen MR) is 76.6 cm³/mol. The minimum atomic E-state index is 0.220. The van der Waals surface area contributed by atoms with Gasteiger partial charge in [0.1, 0.15) is 0 Å². The number of anilines is 1. The number of carbonyl (C=O) groups excluding carboxylic acids is 1. The lowest BCUT2D eigenvalue weighted by atomic mass is 10.0. The van der Waals surface area contributed by atoms with Crippen LogP contribution >= 0.6 is 11.3 Å². The number of nitrogens with zero attached hydrogens (tertiary/aromatic N) is 3. The Morgan fingerprint density at radius 3 is 2.68 bits per heavy atom. The quantitative estimate of drug-likeness (QED) is 0.879. The summed E-state index contributed by atoms with van der Waals surface area (Å²) in [5.41, 5.74) is 0. The normalized spacial score (nSPS) is 20.5. The van der Waals surface area contributed by atoms with Gasteiger partial charge < -0.3 is 15.1 Å². The molecule has 6 heteroatoms.